The molecule has 0 unspecified atom stereocenters. The fourth-order valence-corrected chi connectivity index (χ4v) is 2.31. The highest BCUT2D eigenvalue weighted by atomic mass is 32.1. The zero-order chi connectivity index (χ0) is 7.68. The maximum atomic E-state index is 4.22. The molecule has 0 aliphatic rings. The highest BCUT2D eigenvalue weighted by molar-refractivity contribution is 7.14. The van der Waals surface area contributed by atoms with Crippen LogP contribution in [0.2, 0.25) is 0 Å². The zero-order valence-electron chi connectivity index (χ0n) is 6.07. The SMILES string of the molecule is Cc1cc(-c2nccs2)cs1. The van der Waals surface area contributed by atoms with Crippen molar-refractivity contribution < 1.29 is 0 Å². The van der Waals surface area contributed by atoms with E-state index in [1.807, 2.05) is 11.6 Å². The van der Waals surface area contributed by atoms with Gasteiger partial charge >= 0.3 is 0 Å². The molecule has 2 heterocycles. The predicted molar refractivity (Wildman–Crippen MR) is 50.2 cm³/mol. The Balaban J connectivity index is 2.45. The lowest BCUT2D eigenvalue weighted by molar-refractivity contribution is 1.42. The van der Waals surface area contributed by atoms with E-state index in [1.165, 1.54) is 10.4 Å². The van der Waals surface area contributed by atoms with Crippen molar-refractivity contribution >= 4 is 22.7 Å². The maximum absolute atomic E-state index is 4.22. The van der Waals surface area contributed by atoms with Gasteiger partial charge in [0, 0.05) is 27.4 Å². The second-order valence-corrected chi connectivity index (χ2v) is 4.29. The first-order chi connectivity index (χ1) is 5.36. The average molecular weight is 181 g/mol. The van der Waals surface area contributed by atoms with E-state index in [0.29, 0.717) is 0 Å². The van der Waals surface area contributed by atoms with Gasteiger partial charge in [-0.25, -0.2) is 4.98 Å². The lowest BCUT2D eigenvalue weighted by Gasteiger charge is -1.84. The lowest BCUT2D eigenvalue weighted by atomic mass is 10.3. The van der Waals surface area contributed by atoms with E-state index in [2.05, 4.69) is 23.4 Å². The van der Waals surface area contributed by atoms with Crippen LogP contribution in [0.15, 0.2) is 23.0 Å². The Labute approximate surface area is 73.4 Å². The van der Waals surface area contributed by atoms with Gasteiger partial charge in [0.05, 0.1) is 0 Å². The quantitative estimate of drug-likeness (QED) is 0.658. The average Bonchev–Trinajstić information content (AvgIpc) is 2.55. The molecule has 56 valence electrons. The normalized spacial score (nSPS) is 10.3. The van der Waals surface area contributed by atoms with E-state index in [1.54, 1.807) is 22.7 Å². The monoisotopic (exact) mass is 181 g/mol. The third kappa shape index (κ3) is 1.34. The van der Waals surface area contributed by atoms with Gasteiger partial charge in [-0.05, 0) is 13.0 Å². The molecule has 2 aromatic rings. The number of rotatable bonds is 1. The Bertz CT molecular complexity index is 335. The van der Waals surface area contributed by atoms with E-state index < -0.39 is 0 Å². The van der Waals surface area contributed by atoms with Crippen molar-refractivity contribution in [2.45, 2.75) is 6.92 Å². The summed E-state index contributed by atoms with van der Waals surface area (Å²) in [5.74, 6) is 0. The van der Waals surface area contributed by atoms with E-state index >= 15 is 0 Å². The van der Waals surface area contributed by atoms with Crippen LogP contribution >= 0.6 is 22.7 Å². The third-order valence-corrected chi connectivity index (χ3v) is 3.09. The third-order valence-electron chi connectivity index (χ3n) is 1.41. The first kappa shape index (κ1) is 7.00. The summed E-state index contributed by atoms with van der Waals surface area (Å²) in [5, 5.41) is 5.27. The van der Waals surface area contributed by atoms with Crippen LogP contribution in [0.3, 0.4) is 0 Å². The minimum absolute atomic E-state index is 1.12. The van der Waals surface area contributed by atoms with Gasteiger partial charge in [0.1, 0.15) is 5.01 Å². The molecule has 3 heteroatoms. The first-order valence-electron chi connectivity index (χ1n) is 3.31. The van der Waals surface area contributed by atoms with Crippen LogP contribution in [-0.4, -0.2) is 4.98 Å². The largest absolute Gasteiger partial charge is 0.245 e. The van der Waals surface area contributed by atoms with Gasteiger partial charge in [0.25, 0.3) is 0 Å². The van der Waals surface area contributed by atoms with Crippen molar-refractivity contribution in [2.24, 2.45) is 0 Å². The molecule has 0 spiro atoms. The second kappa shape index (κ2) is 2.75. The molecule has 2 aromatic heterocycles. The topological polar surface area (TPSA) is 12.9 Å². The Kier molecular flexibility index (Phi) is 1.75. The molecule has 0 N–H and O–H groups in total. The maximum Gasteiger partial charge on any atom is 0.124 e. The Hall–Kier alpha value is -0.670. The van der Waals surface area contributed by atoms with E-state index in [-0.39, 0.29) is 0 Å². The molecule has 11 heavy (non-hydrogen) atoms. The molecule has 0 radical (unpaired) electrons. The summed E-state index contributed by atoms with van der Waals surface area (Å²) in [7, 11) is 0. The number of aryl methyl sites for hydroxylation is 1. The molecule has 0 atom stereocenters. The van der Waals surface area contributed by atoms with Gasteiger partial charge < -0.3 is 0 Å². The lowest BCUT2D eigenvalue weighted by Crippen LogP contribution is -1.66. The minimum atomic E-state index is 1.12. The molecule has 0 bridgehead atoms. The van der Waals surface area contributed by atoms with Crippen molar-refractivity contribution in [3.05, 3.63) is 27.9 Å². The van der Waals surface area contributed by atoms with Crippen molar-refractivity contribution in [1.82, 2.24) is 4.98 Å². The molecule has 0 saturated heterocycles. The van der Waals surface area contributed by atoms with E-state index in [0.717, 1.165) is 5.01 Å². The van der Waals surface area contributed by atoms with Gasteiger partial charge in [-0.1, -0.05) is 0 Å². The van der Waals surface area contributed by atoms with Crippen LogP contribution in [0.25, 0.3) is 10.6 Å². The summed E-state index contributed by atoms with van der Waals surface area (Å²) >= 11 is 3.45. The molecule has 0 amide bonds. The molecule has 1 nitrogen and oxygen atoms in total. The molecular formula is C8H7NS2. The molecule has 0 saturated carbocycles. The van der Waals surface area contributed by atoms with Crippen LogP contribution in [-0.2, 0) is 0 Å². The molecule has 0 aliphatic heterocycles. The van der Waals surface area contributed by atoms with Gasteiger partial charge in [0.15, 0.2) is 0 Å². The van der Waals surface area contributed by atoms with Crippen LogP contribution in [0, 0.1) is 6.92 Å². The number of hydrogen-bond acceptors (Lipinski definition) is 3. The molecule has 0 aromatic carbocycles. The molecular weight excluding hydrogens is 174 g/mol. The van der Waals surface area contributed by atoms with Crippen LogP contribution in [0.5, 0.6) is 0 Å². The highest BCUT2D eigenvalue weighted by Crippen LogP contribution is 2.26. The number of thiophene rings is 1. The summed E-state index contributed by atoms with van der Waals surface area (Å²) in [6, 6.07) is 2.17. The Morgan fingerprint density at radius 2 is 2.27 bits per heavy atom. The van der Waals surface area contributed by atoms with Crippen molar-refractivity contribution in [2.75, 3.05) is 0 Å². The molecule has 0 fully saturated rings. The minimum Gasteiger partial charge on any atom is -0.245 e. The summed E-state index contributed by atoms with van der Waals surface area (Å²) in [6.45, 7) is 2.11. The Morgan fingerprint density at radius 1 is 1.36 bits per heavy atom. The fraction of sp³-hybridized carbons (Fsp3) is 0.125. The van der Waals surface area contributed by atoms with Gasteiger partial charge in [0.2, 0.25) is 0 Å². The molecule has 2 rings (SSSR count). The summed E-state index contributed by atoms with van der Waals surface area (Å²) < 4.78 is 0. The summed E-state index contributed by atoms with van der Waals surface area (Å²) in [5.41, 5.74) is 1.25. The highest BCUT2D eigenvalue weighted by Gasteiger charge is 2.00. The zero-order valence-corrected chi connectivity index (χ0v) is 7.71. The van der Waals surface area contributed by atoms with Gasteiger partial charge in [-0.15, -0.1) is 22.7 Å². The smallest absolute Gasteiger partial charge is 0.124 e. The van der Waals surface area contributed by atoms with E-state index in [9.17, 15) is 0 Å². The van der Waals surface area contributed by atoms with Crippen LogP contribution < -0.4 is 0 Å². The number of thiazole rings is 1. The van der Waals surface area contributed by atoms with Crippen molar-refractivity contribution in [3.63, 3.8) is 0 Å². The van der Waals surface area contributed by atoms with Gasteiger partial charge in [-0.2, -0.15) is 0 Å². The molecule has 0 aliphatic carbocycles. The predicted octanol–water partition coefficient (Wildman–Crippen LogP) is 3.18. The van der Waals surface area contributed by atoms with Crippen molar-refractivity contribution in [3.8, 4) is 10.6 Å². The standard InChI is InChI=1S/C8H7NS2/c1-6-4-7(5-11-6)8-9-2-3-10-8/h2-5H,1H3. The van der Waals surface area contributed by atoms with Crippen LogP contribution in [0.4, 0.5) is 0 Å². The Morgan fingerprint density at radius 3 is 2.82 bits per heavy atom. The first-order valence-corrected chi connectivity index (χ1v) is 5.07. The number of aromatic nitrogens is 1. The van der Waals surface area contributed by atoms with Gasteiger partial charge in [-0.3, -0.25) is 0 Å². The fourth-order valence-electron chi connectivity index (χ4n) is 0.922. The number of hydrogen-bond donors (Lipinski definition) is 0. The number of nitrogens with zero attached hydrogens (tertiary/aromatic N) is 1. The summed E-state index contributed by atoms with van der Waals surface area (Å²) in [4.78, 5) is 5.57. The van der Waals surface area contributed by atoms with Crippen molar-refractivity contribution in [1.29, 1.82) is 0 Å². The van der Waals surface area contributed by atoms with E-state index in [4.69, 9.17) is 0 Å². The second-order valence-electron chi connectivity index (χ2n) is 2.28. The van der Waals surface area contributed by atoms with Crippen LogP contribution in [0.1, 0.15) is 4.88 Å². The summed E-state index contributed by atoms with van der Waals surface area (Å²) in [6.07, 6.45) is 1.84.